The van der Waals surface area contributed by atoms with Crippen LogP contribution in [0.4, 0.5) is 11.4 Å². The van der Waals surface area contributed by atoms with Gasteiger partial charge in [-0.25, -0.2) is 5.06 Å². The molecule has 0 bridgehead atoms. The van der Waals surface area contributed by atoms with E-state index in [4.69, 9.17) is 9.25 Å². The Morgan fingerprint density at radius 3 is 1.95 bits per heavy atom. The van der Waals surface area contributed by atoms with Crippen molar-refractivity contribution in [2.75, 3.05) is 5.06 Å². The fraction of sp³-hybridized carbons (Fsp3) is 0.0968. The van der Waals surface area contributed by atoms with Crippen LogP contribution in [0, 0.1) is 17.0 Å². The Kier molecular flexibility index (Phi) is 5.79. The second kappa shape index (κ2) is 9.41. The Labute approximate surface area is 214 Å². The molecule has 6 rings (SSSR count). The van der Waals surface area contributed by atoms with Crippen molar-refractivity contribution in [1.82, 2.24) is 0 Å². The van der Waals surface area contributed by atoms with E-state index in [0.29, 0.717) is 0 Å². The molecule has 0 saturated carbocycles. The maximum absolute atomic E-state index is 11.4. The van der Waals surface area contributed by atoms with E-state index in [2.05, 4.69) is 12.1 Å². The third kappa shape index (κ3) is 4.07. The average Bonchev–Trinajstić information content (AvgIpc) is 3.30. The van der Waals surface area contributed by atoms with Crippen LogP contribution >= 0.6 is 0 Å². The van der Waals surface area contributed by atoms with Crippen molar-refractivity contribution in [1.29, 1.82) is 0 Å². The zero-order valence-electron chi connectivity index (χ0n) is 20.2. The van der Waals surface area contributed by atoms with Gasteiger partial charge in [0, 0.05) is 28.8 Å². The molecular formula is C31H24N2O4. The summed E-state index contributed by atoms with van der Waals surface area (Å²) in [5.41, 5.74) is 5.70. The molecule has 0 radical (unpaired) electrons. The van der Waals surface area contributed by atoms with E-state index in [0.717, 1.165) is 45.0 Å². The Bertz CT molecular complexity index is 1530. The molecule has 0 fully saturated rings. The van der Waals surface area contributed by atoms with Gasteiger partial charge in [-0.15, -0.1) is 0 Å². The maximum Gasteiger partial charge on any atom is 0.269 e. The van der Waals surface area contributed by atoms with Crippen LogP contribution in [0.5, 0.6) is 0 Å². The summed E-state index contributed by atoms with van der Waals surface area (Å²) in [5.74, 6) is 1.55. The standard InChI is InChI=1S/C31H24N2O4/c1-21-27-28(30(36-21)23-11-5-2-6-12-23)29(22-17-19-26(20-18-22)33(34)35)32(25-15-9-4-10-16-25)37-31(27)24-13-7-3-8-14-24/h2-20,29,31H,1H3/t29-,31+/m1/s1. The predicted octanol–water partition coefficient (Wildman–Crippen LogP) is 7.79. The molecule has 5 aromatic rings. The summed E-state index contributed by atoms with van der Waals surface area (Å²) in [4.78, 5) is 17.8. The van der Waals surface area contributed by atoms with Crippen molar-refractivity contribution in [3.8, 4) is 11.3 Å². The summed E-state index contributed by atoms with van der Waals surface area (Å²) in [6.45, 7) is 1.97. The molecule has 6 heteroatoms. The first-order valence-electron chi connectivity index (χ1n) is 12.1. The van der Waals surface area contributed by atoms with Gasteiger partial charge in [0.15, 0.2) is 0 Å². The summed E-state index contributed by atoms with van der Waals surface area (Å²) in [7, 11) is 0. The molecule has 2 heterocycles. The highest BCUT2D eigenvalue weighted by Crippen LogP contribution is 2.51. The zero-order valence-corrected chi connectivity index (χ0v) is 20.2. The summed E-state index contributed by atoms with van der Waals surface area (Å²) in [5, 5.41) is 13.3. The van der Waals surface area contributed by atoms with Gasteiger partial charge in [0.1, 0.15) is 23.7 Å². The molecule has 0 unspecified atom stereocenters. The SMILES string of the molecule is Cc1oc(-c2ccccc2)c2c1[C@H](c1ccccc1)ON(c1ccccc1)[C@@H]2c1ccc([N+](=O)[O-])cc1. The van der Waals surface area contributed by atoms with E-state index in [1.54, 1.807) is 12.1 Å². The minimum atomic E-state index is -0.397. The molecule has 6 nitrogen and oxygen atoms in total. The number of hydrogen-bond donors (Lipinski definition) is 0. The molecule has 0 aliphatic carbocycles. The summed E-state index contributed by atoms with van der Waals surface area (Å²) in [6, 6.07) is 36.3. The Balaban J connectivity index is 1.63. The molecule has 1 aromatic heterocycles. The minimum absolute atomic E-state index is 0.0424. The molecule has 2 atom stereocenters. The van der Waals surface area contributed by atoms with E-state index < -0.39 is 12.1 Å². The molecule has 1 aliphatic heterocycles. The number of rotatable bonds is 5. The number of hydroxylamine groups is 1. The topological polar surface area (TPSA) is 68.8 Å². The van der Waals surface area contributed by atoms with Crippen molar-refractivity contribution in [3.05, 3.63) is 153 Å². The Morgan fingerprint density at radius 2 is 1.32 bits per heavy atom. The van der Waals surface area contributed by atoms with Crippen molar-refractivity contribution < 1.29 is 14.2 Å². The second-order valence-electron chi connectivity index (χ2n) is 8.99. The minimum Gasteiger partial charge on any atom is -0.461 e. The average molecular weight is 489 g/mol. The van der Waals surface area contributed by atoms with Gasteiger partial charge < -0.3 is 4.42 Å². The molecule has 0 saturated heterocycles. The molecule has 0 N–H and O–H groups in total. The lowest BCUT2D eigenvalue weighted by molar-refractivity contribution is -0.384. The lowest BCUT2D eigenvalue weighted by Crippen LogP contribution is -2.37. The first kappa shape index (κ1) is 22.8. The van der Waals surface area contributed by atoms with E-state index in [9.17, 15) is 10.1 Å². The molecule has 0 spiro atoms. The number of anilines is 1. The highest BCUT2D eigenvalue weighted by molar-refractivity contribution is 5.70. The van der Waals surface area contributed by atoms with Gasteiger partial charge in [0.05, 0.1) is 10.6 Å². The number of nitro groups is 1. The van der Waals surface area contributed by atoms with Crippen LogP contribution in [-0.2, 0) is 4.84 Å². The van der Waals surface area contributed by atoms with Gasteiger partial charge in [-0.1, -0.05) is 78.9 Å². The number of benzene rings is 4. The number of hydrogen-bond acceptors (Lipinski definition) is 5. The van der Waals surface area contributed by atoms with Crippen LogP contribution in [0.25, 0.3) is 11.3 Å². The number of nitrogens with zero attached hydrogens (tertiary/aromatic N) is 2. The van der Waals surface area contributed by atoms with Crippen LogP contribution in [0.1, 0.15) is 40.2 Å². The number of nitro benzene ring substituents is 1. The van der Waals surface area contributed by atoms with Gasteiger partial charge in [-0.3, -0.25) is 15.0 Å². The summed E-state index contributed by atoms with van der Waals surface area (Å²) < 4.78 is 6.49. The van der Waals surface area contributed by atoms with Crippen molar-refractivity contribution in [2.24, 2.45) is 0 Å². The smallest absolute Gasteiger partial charge is 0.269 e. The van der Waals surface area contributed by atoms with Crippen LogP contribution in [0.2, 0.25) is 0 Å². The van der Waals surface area contributed by atoms with Crippen LogP contribution < -0.4 is 5.06 Å². The molecule has 0 amide bonds. The van der Waals surface area contributed by atoms with E-state index in [1.807, 2.05) is 90.8 Å². The van der Waals surface area contributed by atoms with Gasteiger partial charge in [0.25, 0.3) is 5.69 Å². The lowest BCUT2D eigenvalue weighted by atomic mass is 9.86. The molecule has 37 heavy (non-hydrogen) atoms. The third-order valence-corrected chi connectivity index (χ3v) is 6.73. The van der Waals surface area contributed by atoms with Gasteiger partial charge in [-0.2, -0.15) is 0 Å². The number of furan rings is 1. The highest BCUT2D eigenvalue weighted by atomic mass is 16.7. The highest BCUT2D eigenvalue weighted by Gasteiger charge is 2.42. The fourth-order valence-electron chi connectivity index (χ4n) is 5.04. The van der Waals surface area contributed by atoms with Crippen molar-refractivity contribution >= 4 is 11.4 Å². The molecule has 4 aromatic carbocycles. The second-order valence-corrected chi connectivity index (χ2v) is 8.99. The number of fused-ring (bicyclic) bond motifs is 1. The van der Waals surface area contributed by atoms with E-state index in [1.165, 1.54) is 12.1 Å². The molecule has 182 valence electrons. The number of non-ortho nitro benzene ring substituents is 1. The maximum atomic E-state index is 11.4. The van der Waals surface area contributed by atoms with Crippen molar-refractivity contribution in [3.63, 3.8) is 0 Å². The van der Waals surface area contributed by atoms with E-state index >= 15 is 0 Å². The third-order valence-electron chi connectivity index (χ3n) is 6.73. The normalized spacial score (nSPS) is 16.8. The number of aryl methyl sites for hydroxylation is 1. The monoisotopic (exact) mass is 488 g/mol. The van der Waals surface area contributed by atoms with Gasteiger partial charge in [-0.05, 0) is 42.3 Å². The largest absolute Gasteiger partial charge is 0.461 e. The number of para-hydroxylation sites is 1. The fourth-order valence-corrected chi connectivity index (χ4v) is 5.04. The molecule has 1 aliphatic rings. The first-order valence-corrected chi connectivity index (χ1v) is 12.1. The Hall–Kier alpha value is -4.68. The summed E-state index contributed by atoms with van der Waals surface area (Å²) >= 11 is 0. The van der Waals surface area contributed by atoms with Gasteiger partial charge >= 0.3 is 0 Å². The summed E-state index contributed by atoms with van der Waals surface area (Å²) in [6.07, 6.45) is -0.396. The first-order chi connectivity index (χ1) is 18.1. The van der Waals surface area contributed by atoms with Crippen LogP contribution in [0.3, 0.4) is 0 Å². The van der Waals surface area contributed by atoms with Gasteiger partial charge in [0.2, 0.25) is 0 Å². The molecular weight excluding hydrogens is 464 g/mol. The lowest BCUT2D eigenvalue weighted by Gasteiger charge is -2.41. The van der Waals surface area contributed by atoms with Crippen molar-refractivity contribution in [2.45, 2.75) is 19.1 Å². The zero-order chi connectivity index (χ0) is 25.4. The van der Waals surface area contributed by atoms with E-state index in [-0.39, 0.29) is 10.6 Å². The van der Waals surface area contributed by atoms with Crippen LogP contribution in [-0.4, -0.2) is 4.92 Å². The predicted molar refractivity (Wildman–Crippen MR) is 142 cm³/mol. The quantitative estimate of drug-likeness (QED) is 0.187. The van der Waals surface area contributed by atoms with Crippen LogP contribution in [0.15, 0.2) is 120 Å². The Morgan fingerprint density at radius 1 is 0.730 bits per heavy atom.